The third kappa shape index (κ3) is 5.58. The molecule has 0 fully saturated rings. The summed E-state index contributed by atoms with van der Waals surface area (Å²) in [6, 6.07) is 14.8. The number of aliphatic hydroxyl groups is 1. The lowest BCUT2D eigenvalue weighted by molar-refractivity contribution is -0.118. The SMILES string of the molecule is O=C(CC(O)c1ccccc1)Nc1ccccc1NCC(F)(F)F. The summed E-state index contributed by atoms with van der Waals surface area (Å²) in [5, 5.41) is 14.8. The van der Waals surface area contributed by atoms with Crippen molar-refractivity contribution in [3.05, 3.63) is 60.2 Å². The van der Waals surface area contributed by atoms with E-state index in [2.05, 4.69) is 10.6 Å². The van der Waals surface area contributed by atoms with Gasteiger partial charge in [-0.2, -0.15) is 13.2 Å². The molecule has 7 heteroatoms. The molecule has 24 heavy (non-hydrogen) atoms. The quantitative estimate of drug-likeness (QED) is 0.752. The molecule has 2 aromatic carbocycles. The predicted octanol–water partition coefficient (Wildman–Crippen LogP) is 3.72. The van der Waals surface area contributed by atoms with Crippen LogP contribution in [0.2, 0.25) is 0 Å². The summed E-state index contributed by atoms with van der Waals surface area (Å²) in [6.45, 7) is -1.20. The van der Waals surface area contributed by atoms with Crippen LogP contribution in [0.25, 0.3) is 0 Å². The van der Waals surface area contributed by atoms with Crippen LogP contribution in [0.5, 0.6) is 0 Å². The second-order valence-corrected chi connectivity index (χ2v) is 5.19. The highest BCUT2D eigenvalue weighted by Gasteiger charge is 2.27. The molecule has 3 N–H and O–H groups in total. The van der Waals surface area contributed by atoms with E-state index in [0.29, 0.717) is 5.56 Å². The van der Waals surface area contributed by atoms with Crippen LogP contribution in [-0.2, 0) is 4.79 Å². The van der Waals surface area contributed by atoms with Crippen molar-refractivity contribution in [2.45, 2.75) is 18.7 Å². The van der Waals surface area contributed by atoms with Crippen LogP contribution in [-0.4, -0.2) is 23.7 Å². The summed E-state index contributed by atoms with van der Waals surface area (Å²) >= 11 is 0. The fraction of sp³-hybridized carbons (Fsp3) is 0.235. The molecular formula is C17H17F3N2O2. The van der Waals surface area contributed by atoms with Crippen molar-refractivity contribution in [2.24, 2.45) is 0 Å². The molecule has 0 aliphatic heterocycles. The van der Waals surface area contributed by atoms with Gasteiger partial charge in [-0.1, -0.05) is 42.5 Å². The fourth-order valence-corrected chi connectivity index (χ4v) is 2.11. The van der Waals surface area contributed by atoms with Crippen molar-refractivity contribution < 1.29 is 23.1 Å². The normalized spacial score (nSPS) is 12.5. The Morgan fingerprint density at radius 2 is 1.58 bits per heavy atom. The second-order valence-electron chi connectivity index (χ2n) is 5.19. The molecule has 0 spiro atoms. The molecule has 0 aliphatic carbocycles. The molecule has 0 aliphatic rings. The Labute approximate surface area is 137 Å². The average molecular weight is 338 g/mol. The van der Waals surface area contributed by atoms with Gasteiger partial charge in [-0.25, -0.2) is 0 Å². The Morgan fingerprint density at radius 3 is 2.21 bits per heavy atom. The van der Waals surface area contributed by atoms with Crippen LogP contribution in [0.3, 0.4) is 0 Å². The van der Waals surface area contributed by atoms with Crippen LogP contribution < -0.4 is 10.6 Å². The molecule has 1 unspecified atom stereocenters. The number of para-hydroxylation sites is 2. The molecule has 2 aromatic rings. The van der Waals surface area contributed by atoms with Gasteiger partial charge in [-0.05, 0) is 17.7 Å². The van der Waals surface area contributed by atoms with E-state index in [-0.39, 0.29) is 17.8 Å². The molecule has 0 bridgehead atoms. The number of benzene rings is 2. The molecule has 0 radical (unpaired) electrons. The highest BCUT2D eigenvalue weighted by molar-refractivity contribution is 5.94. The number of carbonyl (C=O) groups is 1. The van der Waals surface area contributed by atoms with E-state index in [9.17, 15) is 23.1 Å². The fourth-order valence-electron chi connectivity index (χ4n) is 2.11. The van der Waals surface area contributed by atoms with Gasteiger partial charge >= 0.3 is 6.18 Å². The molecule has 1 atom stereocenters. The number of rotatable bonds is 6. The zero-order valence-electron chi connectivity index (χ0n) is 12.7. The Hall–Kier alpha value is -2.54. The molecule has 4 nitrogen and oxygen atoms in total. The lowest BCUT2D eigenvalue weighted by Gasteiger charge is -2.15. The molecule has 2 rings (SSSR count). The van der Waals surface area contributed by atoms with Crippen LogP contribution >= 0.6 is 0 Å². The van der Waals surface area contributed by atoms with Crippen molar-refractivity contribution >= 4 is 17.3 Å². The van der Waals surface area contributed by atoms with E-state index in [4.69, 9.17) is 0 Å². The lowest BCUT2D eigenvalue weighted by atomic mass is 10.1. The van der Waals surface area contributed by atoms with Crippen LogP contribution in [0.1, 0.15) is 18.1 Å². The standard InChI is InChI=1S/C17H17F3N2O2/c18-17(19,20)11-21-13-8-4-5-9-14(13)22-16(24)10-15(23)12-6-2-1-3-7-12/h1-9,15,21,23H,10-11H2,(H,22,24). The number of amides is 1. The van der Waals surface area contributed by atoms with Gasteiger partial charge in [0.2, 0.25) is 5.91 Å². The average Bonchev–Trinajstić information content (AvgIpc) is 2.54. The summed E-state index contributed by atoms with van der Waals surface area (Å²) in [5.41, 5.74) is 0.987. The zero-order valence-corrected chi connectivity index (χ0v) is 12.7. The Balaban J connectivity index is 1.99. The number of aliphatic hydroxyl groups excluding tert-OH is 1. The maximum atomic E-state index is 12.3. The second kappa shape index (κ2) is 7.83. The number of nitrogens with one attached hydrogen (secondary N) is 2. The van der Waals surface area contributed by atoms with E-state index in [1.54, 1.807) is 42.5 Å². The molecule has 0 saturated heterocycles. The Morgan fingerprint density at radius 1 is 1.00 bits per heavy atom. The van der Waals surface area contributed by atoms with Crippen molar-refractivity contribution in [3.8, 4) is 0 Å². The minimum Gasteiger partial charge on any atom is -0.388 e. The van der Waals surface area contributed by atoms with Crippen molar-refractivity contribution in [3.63, 3.8) is 0 Å². The van der Waals surface area contributed by atoms with Crippen LogP contribution in [0.4, 0.5) is 24.5 Å². The Bertz CT molecular complexity index is 675. The smallest absolute Gasteiger partial charge is 0.388 e. The summed E-state index contributed by atoms with van der Waals surface area (Å²) in [4.78, 5) is 12.0. The number of hydrogen-bond donors (Lipinski definition) is 3. The van der Waals surface area contributed by atoms with Crippen molar-refractivity contribution in [1.82, 2.24) is 0 Å². The van der Waals surface area contributed by atoms with Crippen molar-refractivity contribution in [2.75, 3.05) is 17.2 Å². The van der Waals surface area contributed by atoms with Gasteiger partial charge in [0.1, 0.15) is 6.54 Å². The zero-order chi connectivity index (χ0) is 17.6. The monoisotopic (exact) mass is 338 g/mol. The van der Waals surface area contributed by atoms with Crippen molar-refractivity contribution in [1.29, 1.82) is 0 Å². The van der Waals surface area contributed by atoms with E-state index in [1.165, 1.54) is 12.1 Å². The topological polar surface area (TPSA) is 61.4 Å². The maximum absolute atomic E-state index is 12.3. The number of alkyl halides is 3. The first-order valence-corrected chi connectivity index (χ1v) is 7.27. The summed E-state index contributed by atoms with van der Waals surface area (Å²) in [5.74, 6) is -0.493. The van der Waals surface area contributed by atoms with Gasteiger partial charge in [0.05, 0.1) is 23.9 Å². The largest absolute Gasteiger partial charge is 0.405 e. The van der Waals surface area contributed by atoms with E-state index >= 15 is 0 Å². The minimum absolute atomic E-state index is 0.164. The molecule has 0 saturated carbocycles. The number of halogens is 3. The summed E-state index contributed by atoms with van der Waals surface area (Å²) in [7, 11) is 0. The minimum atomic E-state index is -4.36. The van der Waals surface area contributed by atoms with Gasteiger partial charge in [0.25, 0.3) is 0 Å². The Kier molecular flexibility index (Phi) is 5.81. The highest BCUT2D eigenvalue weighted by Crippen LogP contribution is 2.24. The van der Waals surface area contributed by atoms with Gasteiger partial charge in [0.15, 0.2) is 0 Å². The van der Waals surface area contributed by atoms with E-state index in [0.717, 1.165) is 0 Å². The van der Waals surface area contributed by atoms with Crippen LogP contribution in [0.15, 0.2) is 54.6 Å². The van der Waals surface area contributed by atoms with Gasteiger partial charge in [-0.3, -0.25) is 4.79 Å². The first kappa shape index (κ1) is 17.8. The molecule has 128 valence electrons. The van der Waals surface area contributed by atoms with Gasteiger partial charge < -0.3 is 15.7 Å². The highest BCUT2D eigenvalue weighted by atomic mass is 19.4. The number of hydrogen-bond acceptors (Lipinski definition) is 3. The van der Waals surface area contributed by atoms with E-state index in [1.807, 2.05) is 0 Å². The maximum Gasteiger partial charge on any atom is 0.405 e. The lowest BCUT2D eigenvalue weighted by Crippen LogP contribution is -2.22. The summed E-state index contributed by atoms with van der Waals surface area (Å²) < 4.78 is 36.9. The van der Waals surface area contributed by atoms with Gasteiger partial charge in [-0.15, -0.1) is 0 Å². The number of anilines is 2. The third-order valence-electron chi connectivity index (χ3n) is 3.24. The molecule has 1 amide bonds. The third-order valence-corrected chi connectivity index (χ3v) is 3.24. The van der Waals surface area contributed by atoms with E-state index < -0.39 is 24.7 Å². The molecule has 0 heterocycles. The number of carbonyl (C=O) groups excluding carboxylic acids is 1. The summed E-state index contributed by atoms with van der Waals surface area (Å²) in [6.07, 6.45) is -5.54. The molecule has 0 aromatic heterocycles. The molecular weight excluding hydrogens is 321 g/mol. The van der Waals surface area contributed by atoms with Crippen LogP contribution in [0, 0.1) is 0 Å². The first-order chi connectivity index (χ1) is 11.3. The first-order valence-electron chi connectivity index (χ1n) is 7.27. The predicted molar refractivity (Wildman–Crippen MR) is 85.6 cm³/mol. The van der Waals surface area contributed by atoms with Gasteiger partial charge in [0, 0.05) is 0 Å².